The molecule has 7 heteroatoms. The smallest absolute Gasteiger partial charge is 0.281 e. The maximum absolute atomic E-state index is 12.5. The first kappa shape index (κ1) is 17.8. The Balaban J connectivity index is 2.46. The van der Waals surface area contributed by atoms with E-state index in [2.05, 4.69) is 12.2 Å². The average Bonchev–Trinajstić information content (AvgIpc) is 2.37. The van der Waals surface area contributed by atoms with Crippen molar-refractivity contribution in [2.24, 2.45) is 0 Å². The Morgan fingerprint density at radius 3 is 2.65 bits per heavy atom. The van der Waals surface area contributed by atoms with E-state index >= 15 is 0 Å². The molecule has 0 amide bonds. The maximum Gasteiger partial charge on any atom is 0.281 e. The van der Waals surface area contributed by atoms with E-state index < -0.39 is 15.8 Å². The summed E-state index contributed by atoms with van der Waals surface area (Å²) in [6, 6.07) is 0. The summed E-state index contributed by atoms with van der Waals surface area (Å²) in [6.45, 7) is 9.62. The summed E-state index contributed by atoms with van der Waals surface area (Å²) in [5, 5.41) is 3.28. The van der Waals surface area contributed by atoms with Gasteiger partial charge in [-0.2, -0.15) is 17.0 Å². The molecule has 1 N–H and O–H groups in total. The molecule has 0 saturated carbocycles. The van der Waals surface area contributed by atoms with Crippen LogP contribution >= 0.6 is 0 Å². The van der Waals surface area contributed by atoms with Crippen LogP contribution in [0.25, 0.3) is 0 Å². The minimum atomic E-state index is -3.37. The lowest BCUT2D eigenvalue weighted by atomic mass is 10.1. The number of rotatable bonds is 8. The number of morpholine rings is 1. The highest BCUT2D eigenvalue weighted by Crippen LogP contribution is 2.20. The fourth-order valence-corrected chi connectivity index (χ4v) is 3.74. The third-order valence-electron chi connectivity index (χ3n) is 3.36. The van der Waals surface area contributed by atoms with Crippen molar-refractivity contribution < 1.29 is 13.2 Å². The number of nitrogens with one attached hydrogen (secondary N) is 1. The van der Waals surface area contributed by atoms with Gasteiger partial charge in [0, 0.05) is 26.7 Å². The lowest BCUT2D eigenvalue weighted by Crippen LogP contribution is -2.54. The maximum atomic E-state index is 12.5. The minimum Gasteiger partial charge on any atom is -0.373 e. The summed E-state index contributed by atoms with van der Waals surface area (Å²) in [7, 11) is -1.72. The summed E-state index contributed by atoms with van der Waals surface area (Å²) in [5.41, 5.74) is -0.408. The third kappa shape index (κ3) is 5.29. The Bertz CT molecular complexity index is 384. The van der Waals surface area contributed by atoms with E-state index in [0.717, 1.165) is 25.9 Å². The van der Waals surface area contributed by atoms with E-state index in [0.29, 0.717) is 26.2 Å². The van der Waals surface area contributed by atoms with Crippen molar-refractivity contribution in [3.63, 3.8) is 0 Å². The summed E-state index contributed by atoms with van der Waals surface area (Å²) >= 11 is 0. The van der Waals surface area contributed by atoms with Gasteiger partial charge in [0.25, 0.3) is 10.2 Å². The van der Waals surface area contributed by atoms with E-state index in [-0.39, 0.29) is 0 Å². The highest BCUT2D eigenvalue weighted by Gasteiger charge is 2.35. The van der Waals surface area contributed by atoms with Crippen molar-refractivity contribution in [2.75, 3.05) is 46.4 Å². The summed E-state index contributed by atoms with van der Waals surface area (Å²) in [5.74, 6) is 0. The molecule has 1 aliphatic heterocycles. The monoisotopic (exact) mass is 307 g/mol. The molecule has 1 rings (SSSR count). The van der Waals surface area contributed by atoms with Crippen LogP contribution in [0.3, 0.4) is 0 Å². The van der Waals surface area contributed by atoms with E-state index in [1.807, 2.05) is 13.8 Å². The van der Waals surface area contributed by atoms with Gasteiger partial charge in [0.1, 0.15) is 0 Å². The van der Waals surface area contributed by atoms with Crippen molar-refractivity contribution in [1.82, 2.24) is 13.9 Å². The second-order valence-corrected chi connectivity index (χ2v) is 7.91. The van der Waals surface area contributed by atoms with Gasteiger partial charge in [-0.1, -0.05) is 6.92 Å². The van der Waals surface area contributed by atoms with Crippen LogP contribution in [0.4, 0.5) is 0 Å². The zero-order valence-electron chi connectivity index (χ0n) is 13.2. The van der Waals surface area contributed by atoms with E-state index in [1.165, 1.54) is 8.61 Å². The van der Waals surface area contributed by atoms with Crippen LogP contribution in [-0.4, -0.2) is 69.0 Å². The van der Waals surface area contributed by atoms with E-state index in [1.54, 1.807) is 7.05 Å². The Morgan fingerprint density at radius 1 is 1.35 bits per heavy atom. The second kappa shape index (κ2) is 7.70. The van der Waals surface area contributed by atoms with Crippen LogP contribution in [0.5, 0.6) is 0 Å². The van der Waals surface area contributed by atoms with Crippen molar-refractivity contribution in [3.05, 3.63) is 0 Å². The lowest BCUT2D eigenvalue weighted by molar-refractivity contribution is -0.0650. The molecule has 0 aromatic carbocycles. The van der Waals surface area contributed by atoms with E-state index in [4.69, 9.17) is 4.74 Å². The molecular weight excluding hydrogens is 278 g/mol. The van der Waals surface area contributed by atoms with Crippen molar-refractivity contribution in [3.8, 4) is 0 Å². The number of ether oxygens (including phenoxy) is 1. The Morgan fingerprint density at radius 2 is 2.05 bits per heavy atom. The standard InChI is InChI=1S/C13H29N3O3S/c1-5-7-14-8-6-9-15(4)20(17,18)16-10-11-19-13(2,3)12-16/h14H,5-12H2,1-4H3. The molecule has 0 aromatic heterocycles. The molecule has 0 aromatic rings. The van der Waals surface area contributed by atoms with Crippen LogP contribution in [0.15, 0.2) is 0 Å². The van der Waals surface area contributed by atoms with Crippen LogP contribution in [0.1, 0.15) is 33.6 Å². The van der Waals surface area contributed by atoms with Crippen LogP contribution in [0, 0.1) is 0 Å². The molecule has 120 valence electrons. The van der Waals surface area contributed by atoms with Crippen molar-refractivity contribution >= 4 is 10.2 Å². The third-order valence-corrected chi connectivity index (χ3v) is 5.30. The first-order chi connectivity index (χ1) is 9.29. The number of hydrogen-bond acceptors (Lipinski definition) is 4. The molecule has 0 atom stereocenters. The number of hydrogen-bond donors (Lipinski definition) is 1. The van der Waals surface area contributed by atoms with Gasteiger partial charge in [-0.15, -0.1) is 0 Å². The molecule has 1 saturated heterocycles. The quantitative estimate of drug-likeness (QED) is 0.669. The van der Waals surface area contributed by atoms with Gasteiger partial charge in [0.05, 0.1) is 12.2 Å². The molecule has 0 unspecified atom stereocenters. The predicted octanol–water partition coefficient (Wildman–Crippen LogP) is 0.664. The average molecular weight is 307 g/mol. The zero-order valence-corrected chi connectivity index (χ0v) is 14.0. The molecule has 0 bridgehead atoms. The van der Waals surface area contributed by atoms with Gasteiger partial charge in [-0.3, -0.25) is 0 Å². The summed E-state index contributed by atoms with van der Waals surface area (Å²) in [4.78, 5) is 0. The topological polar surface area (TPSA) is 61.9 Å². The van der Waals surface area contributed by atoms with Crippen molar-refractivity contribution in [1.29, 1.82) is 0 Å². The minimum absolute atomic E-state index is 0.408. The van der Waals surface area contributed by atoms with Crippen LogP contribution < -0.4 is 5.32 Å². The van der Waals surface area contributed by atoms with Gasteiger partial charge in [0.15, 0.2) is 0 Å². The molecule has 1 aliphatic rings. The first-order valence-corrected chi connectivity index (χ1v) is 8.75. The molecular formula is C13H29N3O3S. The fraction of sp³-hybridized carbons (Fsp3) is 1.00. The lowest BCUT2D eigenvalue weighted by Gasteiger charge is -2.38. The molecule has 6 nitrogen and oxygen atoms in total. The summed E-state index contributed by atoms with van der Waals surface area (Å²) in [6.07, 6.45) is 1.92. The van der Waals surface area contributed by atoms with Gasteiger partial charge in [-0.25, -0.2) is 0 Å². The number of nitrogens with zero attached hydrogens (tertiary/aromatic N) is 2. The Kier molecular flexibility index (Phi) is 6.87. The molecule has 0 radical (unpaired) electrons. The molecule has 0 aliphatic carbocycles. The normalized spacial score (nSPS) is 20.4. The largest absolute Gasteiger partial charge is 0.373 e. The predicted molar refractivity (Wildman–Crippen MR) is 80.9 cm³/mol. The Labute approximate surface area is 123 Å². The highest BCUT2D eigenvalue weighted by atomic mass is 32.2. The van der Waals surface area contributed by atoms with Gasteiger partial charge in [0.2, 0.25) is 0 Å². The van der Waals surface area contributed by atoms with Crippen molar-refractivity contribution in [2.45, 2.75) is 39.2 Å². The zero-order chi connectivity index (χ0) is 15.2. The van der Waals surface area contributed by atoms with Gasteiger partial charge in [-0.05, 0) is 39.8 Å². The Hall–Kier alpha value is -0.210. The first-order valence-electron chi connectivity index (χ1n) is 7.35. The fourth-order valence-electron chi connectivity index (χ4n) is 2.21. The second-order valence-electron chi connectivity index (χ2n) is 5.87. The SMILES string of the molecule is CCCNCCCN(C)S(=O)(=O)N1CCOC(C)(C)C1. The molecule has 20 heavy (non-hydrogen) atoms. The summed E-state index contributed by atoms with van der Waals surface area (Å²) < 4.78 is 33.5. The van der Waals surface area contributed by atoms with Crippen LogP contribution in [-0.2, 0) is 14.9 Å². The van der Waals surface area contributed by atoms with Gasteiger partial charge < -0.3 is 10.1 Å². The highest BCUT2D eigenvalue weighted by molar-refractivity contribution is 7.86. The molecule has 1 fully saturated rings. The molecule has 1 heterocycles. The van der Waals surface area contributed by atoms with E-state index in [9.17, 15) is 8.42 Å². The van der Waals surface area contributed by atoms with Crippen LogP contribution in [0.2, 0.25) is 0 Å². The van der Waals surface area contributed by atoms with Gasteiger partial charge >= 0.3 is 0 Å². The molecule has 0 spiro atoms.